The largest absolute Gasteiger partial charge is 0.416 e. The molecule has 1 aliphatic rings. The fourth-order valence-electron chi connectivity index (χ4n) is 3.32. The predicted octanol–water partition coefficient (Wildman–Crippen LogP) is 5.73. The quantitative estimate of drug-likeness (QED) is 0.530. The molecule has 0 bridgehead atoms. The van der Waals surface area contributed by atoms with Crippen molar-refractivity contribution in [1.82, 2.24) is 0 Å². The molecule has 156 valence electrons. The fourth-order valence-corrected chi connectivity index (χ4v) is 6.35. The first kappa shape index (κ1) is 20.9. The zero-order valence-corrected chi connectivity index (χ0v) is 17.4. The van der Waals surface area contributed by atoms with Crippen LogP contribution in [0.3, 0.4) is 0 Å². The van der Waals surface area contributed by atoms with Gasteiger partial charge in [-0.05, 0) is 42.0 Å². The molecule has 3 aromatic rings. The molecule has 10 heteroatoms. The van der Waals surface area contributed by atoms with Crippen molar-refractivity contribution < 1.29 is 26.4 Å². The van der Waals surface area contributed by atoms with Gasteiger partial charge in [0.05, 0.1) is 16.1 Å². The van der Waals surface area contributed by atoms with Gasteiger partial charge in [-0.1, -0.05) is 23.7 Å². The van der Waals surface area contributed by atoms with Crippen LogP contribution < -0.4 is 5.32 Å². The van der Waals surface area contributed by atoms with E-state index in [9.17, 15) is 26.4 Å². The average molecular weight is 472 g/mol. The number of carbonyl (C=O) groups excluding carboxylic acids is 1. The first-order valence-electron chi connectivity index (χ1n) is 8.66. The molecular weight excluding hydrogens is 459 g/mol. The van der Waals surface area contributed by atoms with Gasteiger partial charge in [0.25, 0.3) is 0 Å². The SMILES string of the molecule is O=C1C[C@H](c2ccc(C(F)(F)F)cc2)c2scc(S(=O)(=O)c3ccc(Cl)cc3)c2N1. The molecule has 4 nitrogen and oxygen atoms in total. The number of halogens is 4. The Hall–Kier alpha value is -2.36. The zero-order chi connectivity index (χ0) is 21.7. The molecule has 2 aromatic carbocycles. The van der Waals surface area contributed by atoms with Gasteiger partial charge in [0, 0.05) is 27.6 Å². The summed E-state index contributed by atoms with van der Waals surface area (Å²) in [6, 6.07) is 10.2. The molecule has 0 aliphatic carbocycles. The normalized spacial score (nSPS) is 16.8. The van der Waals surface area contributed by atoms with Gasteiger partial charge in [-0.2, -0.15) is 13.2 Å². The summed E-state index contributed by atoms with van der Waals surface area (Å²) in [7, 11) is -3.92. The predicted molar refractivity (Wildman–Crippen MR) is 108 cm³/mol. The maximum atomic E-state index is 13.1. The van der Waals surface area contributed by atoms with E-state index in [0.717, 1.165) is 23.5 Å². The first-order chi connectivity index (χ1) is 14.1. The van der Waals surface area contributed by atoms with E-state index in [2.05, 4.69) is 5.32 Å². The van der Waals surface area contributed by atoms with E-state index in [1.54, 1.807) is 0 Å². The number of carbonyl (C=O) groups is 1. The van der Waals surface area contributed by atoms with Crippen LogP contribution in [0.4, 0.5) is 18.9 Å². The van der Waals surface area contributed by atoms with Crippen LogP contribution in [0.15, 0.2) is 63.7 Å². The minimum atomic E-state index is -4.46. The number of hydrogen-bond donors (Lipinski definition) is 1. The molecule has 0 fully saturated rings. The van der Waals surface area contributed by atoms with Crippen molar-refractivity contribution in [2.75, 3.05) is 5.32 Å². The number of benzene rings is 2. The van der Waals surface area contributed by atoms with Crippen LogP contribution in [0, 0.1) is 0 Å². The van der Waals surface area contributed by atoms with Gasteiger partial charge in [-0.3, -0.25) is 4.79 Å². The number of rotatable bonds is 3. The molecule has 30 heavy (non-hydrogen) atoms. The van der Waals surface area contributed by atoms with Crippen LogP contribution in [0.1, 0.15) is 28.3 Å². The molecule has 0 saturated carbocycles. The van der Waals surface area contributed by atoms with Gasteiger partial charge in [0.1, 0.15) is 4.90 Å². The van der Waals surface area contributed by atoms with E-state index >= 15 is 0 Å². The number of nitrogens with one attached hydrogen (secondary N) is 1. The number of sulfone groups is 1. The van der Waals surface area contributed by atoms with Gasteiger partial charge in [-0.25, -0.2) is 8.42 Å². The topological polar surface area (TPSA) is 63.2 Å². The minimum Gasteiger partial charge on any atom is -0.324 e. The summed E-state index contributed by atoms with van der Waals surface area (Å²) in [5.41, 5.74) is -0.101. The van der Waals surface area contributed by atoms with E-state index in [-0.39, 0.29) is 21.9 Å². The number of amides is 1. The summed E-state index contributed by atoms with van der Waals surface area (Å²) in [6.45, 7) is 0. The summed E-state index contributed by atoms with van der Waals surface area (Å²) in [5, 5.41) is 4.45. The number of hydrogen-bond acceptors (Lipinski definition) is 4. The van der Waals surface area contributed by atoms with Crippen molar-refractivity contribution in [2.24, 2.45) is 0 Å². The molecule has 1 aliphatic heterocycles. The Kier molecular flexibility index (Phi) is 5.16. The molecule has 0 radical (unpaired) electrons. The van der Waals surface area contributed by atoms with E-state index in [4.69, 9.17) is 11.6 Å². The van der Waals surface area contributed by atoms with Gasteiger partial charge in [0.2, 0.25) is 15.7 Å². The van der Waals surface area contributed by atoms with Gasteiger partial charge < -0.3 is 5.32 Å². The van der Waals surface area contributed by atoms with Gasteiger partial charge in [0.15, 0.2) is 0 Å². The molecule has 0 saturated heterocycles. The third-order valence-corrected chi connectivity index (χ3v) is 8.10. The summed E-state index contributed by atoms with van der Waals surface area (Å²) >= 11 is 6.98. The number of thiophene rings is 1. The molecule has 1 aromatic heterocycles. The van der Waals surface area contributed by atoms with E-state index in [1.807, 2.05) is 0 Å². The highest BCUT2D eigenvalue weighted by Gasteiger charge is 2.35. The van der Waals surface area contributed by atoms with Gasteiger partial charge in [-0.15, -0.1) is 11.3 Å². The molecule has 1 amide bonds. The zero-order valence-electron chi connectivity index (χ0n) is 15.0. The highest BCUT2D eigenvalue weighted by molar-refractivity contribution is 7.91. The highest BCUT2D eigenvalue weighted by Crippen LogP contribution is 2.46. The molecule has 4 rings (SSSR count). The Morgan fingerprint density at radius 2 is 1.67 bits per heavy atom. The standard InChI is InChI=1S/C20H13ClF3NO3S2/c21-13-5-7-14(8-6-13)30(27,28)16-10-29-19-15(9-17(26)25-18(16)19)11-1-3-12(4-2-11)20(22,23)24/h1-8,10,15H,9H2,(H,25,26)/t15-/m1/s1. The Balaban J connectivity index is 1.76. The second-order valence-electron chi connectivity index (χ2n) is 6.72. The van der Waals surface area contributed by atoms with Crippen LogP contribution in [-0.2, 0) is 20.8 Å². The lowest BCUT2D eigenvalue weighted by molar-refractivity contribution is -0.137. The van der Waals surface area contributed by atoms with Crippen LogP contribution in [-0.4, -0.2) is 14.3 Å². The second-order valence-corrected chi connectivity index (χ2v) is 9.99. The lowest BCUT2D eigenvalue weighted by Crippen LogP contribution is -2.23. The Bertz CT molecular complexity index is 1220. The summed E-state index contributed by atoms with van der Waals surface area (Å²) < 4.78 is 64.7. The Morgan fingerprint density at radius 3 is 2.27 bits per heavy atom. The molecule has 0 spiro atoms. The van der Waals surface area contributed by atoms with E-state index in [0.29, 0.717) is 15.5 Å². The van der Waals surface area contributed by atoms with E-state index in [1.165, 1.54) is 41.8 Å². The van der Waals surface area contributed by atoms with Crippen molar-refractivity contribution in [3.05, 3.63) is 74.9 Å². The Labute approximate surface area is 179 Å². The summed E-state index contributed by atoms with van der Waals surface area (Å²) in [5.74, 6) is -0.937. The number of alkyl halides is 3. The summed E-state index contributed by atoms with van der Waals surface area (Å²) in [6.07, 6.45) is -4.45. The lowest BCUT2D eigenvalue weighted by Gasteiger charge is -2.24. The van der Waals surface area contributed by atoms with Gasteiger partial charge >= 0.3 is 6.18 Å². The molecule has 1 atom stereocenters. The third-order valence-electron chi connectivity index (χ3n) is 4.81. The third kappa shape index (κ3) is 3.73. The minimum absolute atomic E-state index is 0.0132. The molecule has 0 unspecified atom stereocenters. The van der Waals surface area contributed by atoms with Crippen molar-refractivity contribution >= 4 is 44.4 Å². The maximum Gasteiger partial charge on any atom is 0.416 e. The van der Waals surface area contributed by atoms with Crippen LogP contribution in [0.25, 0.3) is 0 Å². The second kappa shape index (κ2) is 7.40. The van der Waals surface area contributed by atoms with Crippen molar-refractivity contribution in [2.45, 2.75) is 28.3 Å². The van der Waals surface area contributed by atoms with E-state index < -0.39 is 33.4 Å². The van der Waals surface area contributed by atoms with Crippen molar-refractivity contribution in [3.63, 3.8) is 0 Å². The van der Waals surface area contributed by atoms with Crippen molar-refractivity contribution in [3.8, 4) is 0 Å². The van der Waals surface area contributed by atoms with Crippen LogP contribution in [0.2, 0.25) is 5.02 Å². The molecular formula is C20H13ClF3NO3S2. The summed E-state index contributed by atoms with van der Waals surface area (Å²) in [4.78, 5) is 12.9. The monoisotopic (exact) mass is 471 g/mol. The smallest absolute Gasteiger partial charge is 0.324 e. The number of anilines is 1. The molecule has 1 N–H and O–H groups in total. The van der Waals surface area contributed by atoms with Crippen LogP contribution >= 0.6 is 22.9 Å². The Morgan fingerprint density at radius 1 is 1.03 bits per heavy atom. The highest BCUT2D eigenvalue weighted by atomic mass is 35.5. The lowest BCUT2D eigenvalue weighted by atomic mass is 9.90. The molecule has 2 heterocycles. The fraction of sp³-hybridized carbons (Fsp3) is 0.150. The average Bonchev–Trinajstić information content (AvgIpc) is 3.11. The number of fused-ring (bicyclic) bond motifs is 1. The van der Waals surface area contributed by atoms with Crippen molar-refractivity contribution in [1.29, 1.82) is 0 Å². The first-order valence-corrected chi connectivity index (χ1v) is 11.4. The van der Waals surface area contributed by atoms with Crippen LogP contribution in [0.5, 0.6) is 0 Å². The maximum absolute atomic E-state index is 13.1.